The number of hydrogen-bond acceptors (Lipinski definition) is 4. The first-order valence-corrected chi connectivity index (χ1v) is 11.6. The minimum atomic E-state index is -0.690. The molecule has 0 aliphatic carbocycles. The predicted octanol–water partition coefficient (Wildman–Crippen LogP) is 5.73. The Kier molecular flexibility index (Phi) is 12.1. The topological polar surface area (TPSA) is 71.1 Å². The van der Waals surface area contributed by atoms with Crippen LogP contribution < -0.4 is 5.32 Å². The summed E-state index contributed by atoms with van der Waals surface area (Å²) >= 11 is 0. The second-order valence-corrected chi connectivity index (χ2v) is 9.39. The average molecular weight is 400 g/mol. The number of unbranched alkanes of at least 4 members (excludes halogenated alkanes) is 10. The van der Waals surface area contributed by atoms with Crippen LogP contribution in [0.3, 0.4) is 0 Å². The highest BCUT2D eigenvalue weighted by molar-refractivity contribution is 5.68. The van der Waals surface area contributed by atoms with E-state index in [1.807, 2.05) is 20.8 Å². The van der Waals surface area contributed by atoms with Gasteiger partial charge in [0.25, 0.3) is 0 Å². The van der Waals surface area contributed by atoms with Gasteiger partial charge in [-0.1, -0.05) is 77.6 Å². The van der Waals surface area contributed by atoms with E-state index in [1.54, 1.807) is 6.92 Å². The number of aliphatic hydroxyl groups excluding tert-OH is 1. The molecule has 0 aromatic rings. The summed E-state index contributed by atoms with van der Waals surface area (Å²) < 4.78 is 10.9. The number of rotatable bonds is 15. The van der Waals surface area contributed by atoms with E-state index >= 15 is 0 Å². The Bertz CT molecular complexity index is 421. The smallest absolute Gasteiger partial charge is 0.407 e. The van der Waals surface area contributed by atoms with E-state index in [4.69, 9.17) is 9.47 Å². The minimum Gasteiger partial charge on any atom is -0.444 e. The van der Waals surface area contributed by atoms with Crippen LogP contribution in [0.4, 0.5) is 4.79 Å². The molecule has 0 saturated carbocycles. The molecule has 4 atom stereocenters. The van der Waals surface area contributed by atoms with Crippen LogP contribution in [0.2, 0.25) is 0 Å². The van der Waals surface area contributed by atoms with Gasteiger partial charge in [-0.15, -0.1) is 0 Å². The van der Waals surface area contributed by atoms with E-state index < -0.39 is 17.8 Å². The molecule has 1 heterocycles. The van der Waals surface area contributed by atoms with Crippen molar-refractivity contribution in [1.82, 2.24) is 5.32 Å². The molecular weight excluding hydrogens is 354 g/mol. The van der Waals surface area contributed by atoms with Gasteiger partial charge >= 0.3 is 6.09 Å². The third-order valence-corrected chi connectivity index (χ3v) is 5.31. The molecule has 5 nitrogen and oxygen atoms in total. The molecule has 28 heavy (non-hydrogen) atoms. The molecule has 0 aromatic carbocycles. The van der Waals surface area contributed by atoms with Crippen molar-refractivity contribution in [3.8, 4) is 0 Å². The highest BCUT2D eigenvalue weighted by Crippen LogP contribution is 2.31. The maximum absolute atomic E-state index is 11.8. The largest absolute Gasteiger partial charge is 0.444 e. The highest BCUT2D eigenvalue weighted by atomic mass is 16.6. The Balaban J connectivity index is 1.99. The zero-order valence-electron chi connectivity index (χ0n) is 19.0. The monoisotopic (exact) mass is 399 g/mol. The molecule has 0 radical (unpaired) electrons. The molecule has 166 valence electrons. The van der Waals surface area contributed by atoms with Crippen LogP contribution in [0.5, 0.6) is 0 Å². The summed E-state index contributed by atoms with van der Waals surface area (Å²) in [4.78, 5) is 11.8. The maximum atomic E-state index is 11.8. The lowest BCUT2D eigenvalue weighted by Crippen LogP contribution is -2.46. The third kappa shape index (κ3) is 11.9. The Morgan fingerprint density at radius 1 is 1.00 bits per heavy atom. The Morgan fingerprint density at radius 2 is 1.50 bits per heavy atom. The van der Waals surface area contributed by atoms with Gasteiger partial charge < -0.3 is 19.9 Å². The van der Waals surface area contributed by atoms with Crippen LogP contribution >= 0.6 is 0 Å². The van der Waals surface area contributed by atoms with Crippen LogP contribution in [0, 0.1) is 0 Å². The fourth-order valence-corrected chi connectivity index (χ4v) is 3.56. The van der Waals surface area contributed by atoms with Crippen LogP contribution in [-0.2, 0) is 9.47 Å². The maximum Gasteiger partial charge on any atom is 0.407 e. The second-order valence-electron chi connectivity index (χ2n) is 9.39. The SMILES string of the molecule is CCCCCCCCCCCCC[C@@H]1O[C@H]1[C@H](O)C(C)NC(=O)OC(C)(C)C. The van der Waals surface area contributed by atoms with Crippen molar-refractivity contribution in [2.75, 3.05) is 0 Å². The summed E-state index contributed by atoms with van der Waals surface area (Å²) in [5.41, 5.74) is -0.539. The lowest BCUT2D eigenvalue weighted by molar-refractivity contribution is 0.0406. The molecule has 1 aliphatic rings. The number of amides is 1. The number of alkyl carbamates (subject to hydrolysis) is 1. The number of aliphatic hydroxyl groups is 1. The van der Waals surface area contributed by atoms with Crippen molar-refractivity contribution in [3.63, 3.8) is 0 Å². The van der Waals surface area contributed by atoms with Crippen molar-refractivity contribution in [3.05, 3.63) is 0 Å². The van der Waals surface area contributed by atoms with Crippen molar-refractivity contribution in [2.45, 2.75) is 142 Å². The van der Waals surface area contributed by atoms with Crippen LogP contribution in [-0.4, -0.2) is 41.2 Å². The van der Waals surface area contributed by atoms with Gasteiger partial charge in [0.1, 0.15) is 17.8 Å². The number of carbonyl (C=O) groups is 1. The number of carbonyl (C=O) groups excluding carboxylic acids is 1. The summed E-state index contributed by atoms with van der Waals surface area (Å²) in [6, 6.07) is -0.387. The van der Waals surface area contributed by atoms with E-state index in [1.165, 1.54) is 64.2 Å². The van der Waals surface area contributed by atoms with E-state index in [2.05, 4.69) is 12.2 Å². The molecule has 0 aromatic heterocycles. The first kappa shape index (κ1) is 25.2. The van der Waals surface area contributed by atoms with Crippen LogP contribution in [0.1, 0.15) is 112 Å². The zero-order valence-corrected chi connectivity index (χ0v) is 19.0. The van der Waals surface area contributed by atoms with Crippen LogP contribution in [0.25, 0.3) is 0 Å². The molecular formula is C23H45NO4. The average Bonchev–Trinajstić information content (AvgIpc) is 3.36. The highest BCUT2D eigenvalue weighted by Gasteiger charge is 2.45. The molecule has 0 spiro atoms. The van der Waals surface area contributed by atoms with Crippen molar-refractivity contribution in [1.29, 1.82) is 0 Å². The molecule has 1 saturated heterocycles. The molecule has 0 bridgehead atoms. The molecule has 1 aliphatic heterocycles. The lowest BCUT2D eigenvalue weighted by Gasteiger charge is -2.23. The van der Waals surface area contributed by atoms with Gasteiger partial charge in [0.05, 0.1) is 12.1 Å². The summed E-state index contributed by atoms with van der Waals surface area (Å²) in [7, 11) is 0. The van der Waals surface area contributed by atoms with Crippen molar-refractivity contribution < 1.29 is 19.4 Å². The normalized spacial score (nSPS) is 21.2. The molecule has 1 unspecified atom stereocenters. The third-order valence-electron chi connectivity index (χ3n) is 5.31. The Hall–Kier alpha value is -0.810. The zero-order chi connectivity index (χ0) is 21.0. The van der Waals surface area contributed by atoms with Crippen molar-refractivity contribution >= 4 is 6.09 Å². The fraction of sp³-hybridized carbons (Fsp3) is 0.957. The first-order valence-electron chi connectivity index (χ1n) is 11.6. The molecule has 1 fully saturated rings. The second kappa shape index (κ2) is 13.4. The minimum absolute atomic E-state index is 0.136. The summed E-state index contributed by atoms with van der Waals surface area (Å²) in [5.74, 6) is 0. The number of nitrogens with one attached hydrogen (secondary N) is 1. The predicted molar refractivity (Wildman–Crippen MR) is 115 cm³/mol. The molecule has 2 N–H and O–H groups in total. The summed E-state index contributed by atoms with van der Waals surface area (Å²) in [6.45, 7) is 9.51. The van der Waals surface area contributed by atoms with E-state index in [0.29, 0.717) is 0 Å². The lowest BCUT2D eigenvalue weighted by atomic mass is 10.0. The van der Waals surface area contributed by atoms with Gasteiger partial charge in [0.2, 0.25) is 0 Å². The fourth-order valence-electron chi connectivity index (χ4n) is 3.56. The number of hydrogen-bond donors (Lipinski definition) is 2. The summed E-state index contributed by atoms with van der Waals surface area (Å²) in [5, 5.41) is 13.1. The number of epoxide rings is 1. The van der Waals surface area contributed by atoms with Gasteiger partial charge in [0, 0.05) is 0 Å². The molecule has 1 rings (SSSR count). The van der Waals surface area contributed by atoms with Crippen LogP contribution in [0.15, 0.2) is 0 Å². The van der Waals surface area contributed by atoms with Gasteiger partial charge in [-0.25, -0.2) is 4.79 Å². The van der Waals surface area contributed by atoms with E-state index in [-0.39, 0.29) is 18.2 Å². The standard InChI is InChI=1S/C23H45NO4/c1-6-7-8-9-10-11-12-13-14-15-16-17-19-21(27-19)20(25)18(2)24-22(26)28-23(3,4)5/h18-21,25H,6-17H2,1-5H3,(H,24,26)/t18?,19-,20+,21+/m0/s1. The van der Waals surface area contributed by atoms with Crippen molar-refractivity contribution in [2.24, 2.45) is 0 Å². The first-order chi connectivity index (χ1) is 13.2. The molecule has 5 heteroatoms. The Labute approximate surface area is 172 Å². The van der Waals surface area contributed by atoms with Gasteiger partial charge in [-0.3, -0.25) is 0 Å². The Morgan fingerprint density at radius 3 is 2.00 bits per heavy atom. The summed E-state index contributed by atoms with van der Waals surface area (Å²) in [6.07, 6.45) is 14.5. The van der Waals surface area contributed by atoms with E-state index in [0.717, 1.165) is 12.8 Å². The van der Waals surface area contributed by atoms with Gasteiger partial charge in [-0.2, -0.15) is 0 Å². The van der Waals surface area contributed by atoms with E-state index in [9.17, 15) is 9.90 Å². The van der Waals surface area contributed by atoms with Gasteiger partial charge in [-0.05, 0) is 34.1 Å². The number of ether oxygens (including phenoxy) is 2. The van der Waals surface area contributed by atoms with Gasteiger partial charge in [0.15, 0.2) is 0 Å². The quantitative estimate of drug-likeness (QED) is 0.272. The molecule has 1 amide bonds.